The van der Waals surface area contributed by atoms with Gasteiger partial charge in [0.15, 0.2) is 0 Å². The highest BCUT2D eigenvalue weighted by Crippen LogP contribution is 2.35. The largest absolute Gasteiger partial charge is 0.511 e. The van der Waals surface area contributed by atoms with Crippen LogP contribution in [0.3, 0.4) is 0 Å². The SMILES string of the molecule is C=C(Cl)/C=C1/N=C(N2CCN(C)CC2)c2ccccc2N(C(=O)OC(C)OC(=O)OCCCCCCCCCCCCCCCC)/C1=C/C. The van der Waals surface area contributed by atoms with E-state index in [1.807, 2.05) is 31.2 Å². The highest BCUT2D eigenvalue weighted by Gasteiger charge is 2.34. The number of piperazine rings is 1. The smallest absolute Gasteiger partial charge is 0.434 e. The minimum atomic E-state index is -1.18. The highest BCUT2D eigenvalue weighted by molar-refractivity contribution is 6.31. The van der Waals surface area contributed by atoms with Crippen LogP contribution in [0.25, 0.3) is 0 Å². The van der Waals surface area contributed by atoms with Crippen molar-refractivity contribution in [3.8, 4) is 0 Å². The Morgan fingerprint density at radius 3 is 2.04 bits per heavy atom. The van der Waals surface area contributed by atoms with E-state index in [0.29, 0.717) is 17.1 Å². The number of ether oxygens (including phenoxy) is 3. The van der Waals surface area contributed by atoms with Crippen molar-refractivity contribution in [1.82, 2.24) is 9.80 Å². The minimum Gasteiger partial charge on any atom is -0.434 e. The van der Waals surface area contributed by atoms with Crippen LogP contribution in [-0.2, 0) is 14.2 Å². The molecule has 0 aromatic heterocycles. The Hall–Kier alpha value is -3.30. The van der Waals surface area contributed by atoms with E-state index in [9.17, 15) is 9.59 Å². The number of likely N-dealkylation sites (N-methyl/N-ethyl adjacent to an activating group) is 1. The summed E-state index contributed by atoms with van der Waals surface area (Å²) in [6.45, 7) is 13.0. The van der Waals surface area contributed by atoms with E-state index in [1.54, 1.807) is 12.2 Å². The van der Waals surface area contributed by atoms with Gasteiger partial charge in [0.2, 0.25) is 6.29 Å². The quantitative estimate of drug-likeness (QED) is 0.0857. The number of carbonyl (C=O) groups excluding carboxylic acids is 2. The molecule has 272 valence electrons. The molecule has 9 nitrogen and oxygen atoms in total. The van der Waals surface area contributed by atoms with Gasteiger partial charge in [-0.2, -0.15) is 0 Å². The molecule has 1 aromatic rings. The lowest BCUT2D eigenvalue weighted by Gasteiger charge is -2.35. The van der Waals surface area contributed by atoms with E-state index in [4.69, 9.17) is 30.8 Å². The van der Waals surface area contributed by atoms with Crippen LogP contribution >= 0.6 is 11.6 Å². The van der Waals surface area contributed by atoms with Crippen LogP contribution in [0, 0.1) is 0 Å². The van der Waals surface area contributed by atoms with Crippen LogP contribution in [-0.4, -0.2) is 74.0 Å². The van der Waals surface area contributed by atoms with Crippen LogP contribution in [0.1, 0.15) is 116 Å². The Kier molecular flexibility index (Phi) is 18.4. The molecule has 1 unspecified atom stereocenters. The molecular formula is C39H59ClN4O5. The summed E-state index contributed by atoms with van der Waals surface area (Å²) >= 11 is 6.25. The number of allylic oxidation sites excluding steroid dienone is 3. The van der Waals surface area contributed by atoms with Crippen LogP contribution in [0.2, 0.25) is 0 Å². The van der Waals surface area contributed by atoms with E-state index < -0.39 is 18.5 Å². The topological polar surface area (TPSA) is 83.9 Å². The van der Waals surface area contributed by atoms with Crippen molar-refractivity contribution in [2.24, 2.45) is 4.99 Å². The molecule has 0 aliphatic carbocycles. The second-order valence-electron chi connectivity index (χ2n) is 13.0. The third-order valence-electron chi connectivity index (χ3n) is 8.91. The predicted molar refractivity (Wildman–Crippen MR) is 200 cm³/mol. The van der Waals surface area contributed by atoms with Crippen LogP contribution in [0.15, 0.2) is 64.4 Å². The number of para-hydroxylation sites is 1. The summed E-state index contributed by atoms with van der Waals surface area (Å²) in [7, 11) is 2.10. The molecule has 0 bridgehead atoms. The van der Waals surface area contributed by atoms with E-state index in [0.717, 1.165) is 56.8 Å². The zero-order valence-electron chi connectivity index (χ0n) is 30.4. The fourth-order valence-electron chi connectivity index (χ4n) is 6.16. The summed E-state index contributed by atoms with van der Waals surface area (Å²) in [6.07, 6.45) is 18.2. The second kappa shape index (κ2) is 22.4. The molecule has 2 aliphatic heterocycles. The number of aliphatic imine (C=N–C) groups is 1. The van der Waals surface area contributed by atoms with Gasteiger partial charge in [-0.05, 0) is 38.6 Å². The average molecular weight is 699 g/mol. The van der Waals surface area contributed by atoms with Gasteiger partial charge in [-0.3, -0.25) is 0 Å². The first-order chi connectivity index (χ1) is 23.7. The van der Waals surface area contributed by atoms with Crippen LogP contribution in [0.4, 0.5) is 15.3 Å². The van der Waals surface area contributed by atoms with E-state index >= 15 is 0 Å². The lowest BCUT2D eigenvalue weighted by atomic mass is 10.0. The highest BCUT2D eigenvalue weighted by atomic mass is 35.5. The minimum absolute atomic E-state index is 0.266. The van der Waals surface area contributed by atoms with E-state index in [2.05, 4.69) is 30.4 Å². The molecule has 0 spiro atoms. The summed E-state index contributed by atoms with van der Waals surface area (Å²) in [5, 5.41) is 0.272. The number of halogens is 1. The molecule has 1 atom stereocenters. The van der Waals surface area contributed by atoms with Crippen LogP contribution in [0.5, 0.6) is 0 Å². The maximum atomic E-state index is 13.8. The Bertz CT molecular complexity index is 1290. The molecule has 2 aliphatic rings. The average Bonchev–Trinajstić information content (AvgIpc) is 3.21. The molecule has 1 aromatic carbocycles. The summed E-state index contributed by atoms with van der Waals surface area (Å²) in [5.41, 5.74) is 2.30. The van der Waals surface area contributed by atoms with Gasteiger partial charge < -0.3 is 24.0 Å². The number of amides is 1. The number of benzene rings is 1. The van der Waals surface area contributed by atoms with Gasteiger partial charge in [0, 0.05) is 43.7 Å². The third kappa shape index (κ3) is 13.9. The first-order valence-electron chi connectivity index (χ1n) is 18.4. The van der Waals surface area contributed by atoms with Crippen LogP contribution < -0.4 is 4.90 Å². The lowest BCUT2D eigenvalue weighted by Crippen LogP contribution is -2.47. The number of benzodiazepines with no additional fused rings is 1. The fraction of sp³-hybridized carbons (Fsp3) is 0.615. The molecule has 3 rings (SSSR count). The first-order valence-corrected chi connectivity index (χ1v) is 18.8. The molecule has 1 saturated heterocycles. The number of rotatable bonds is 18. The number of hydrogen-bond acceptors (Lipinski definition) is 8. The number of hydrogen-bond donors (Lipinski definition) is 0. The zero-order chi connectivity index (χ0) is 35.4. The van der Waals surface area contributed by atoms with Gasteiger partial charge in [-0.1, -0.05) is 127 Å². The Morgan fingerprint density at radius 1 is 0.898 bits per heavy atom. The number of amidine groups is 1. The first kappa shape index (κ1) is 40.1. The standard InChI is InChI=1S/C39H59ClN4O5/c1-6-8-9-10-11-12-13-14-15-16-17-18-19-22-29-47-39(46)49-32(4)48-38(45)44-35(7-2)34(30-31(3)40)41-37(33-23-20-21-24-36(33)44)43-27-25-42(5)26-28-43/h7,20-21,23-24,30,32H,3,6,8-19,22,25-29H2,1-2,4-5H3/b34-30+,35-7+. The summed E-state index contributed by atoms with van der Waals surface area (Å²) in [4.78, 5) is 37.2. The summed E-state index contributed by atoms with van der Waals surface area (Å²) < 4.78 is 16.2. The van der Waals surface area contributed by atoms with Gasteiger partial charge in [0.1, 0.15) is 5.84 Å². The molecule has 0 radical (unpaired) electrons. The van der Waals surface area contributed by atoms with Gasteiger partial charge >= 0.3 is 12.2 Å². The summed E-state index contributed by atoms with van der Waals surface area (Å²) in [6, 6.07) is 7.56. The number of anilines is 1. The van der Waals surface area contributed by atoms with E-state index in [1.165, 1.54) is 82.5 Å². The fourth-order valence-corrected chi connectivity index (χ4v) is 6.26. The van der Waals surface area contributed by atoms with Gasteiger partial charge in [0.05, 0.1) is 23.7 Å². The number of nitrogens with zero attached hydrogens (tertiary/aromatic N) is 4. The monoisotopic (exact) mass is 698 g/mol. The number of fused-ring (bicyclic) bond motifs is 1. The Morgan fingerprint density at radius 2 is 1.47 bits per heavy atom. The molecule has 1 fully saturated rings. The third-order valence-corrected chi connectivity index (χ3v) is 9.02. The maximum absolute atomic E-state index is 13.8. The predicted octanol–water partition coefficient (Wildman–Crippen LogP) is 10.2. The number of carbonyl (C=O) groups is 2. The zero-order valence-corrected chi connectivity index (χ0v) is 31.1. The van der Waals surface area contributed by atoms with Crippen molar-refractivity contribution >= 4 is 35.4 Å². The van der Waals surface area contributed by atoms with Crippen molar-refractivity contribution in [1.29, 1.82) is 0 Å². The van der Waals surface area contributed by atoms with Gasteiger partial charge in [0.25, 0.3) is 0 Å². The Balaban J connectivity index is 1.48. The number of unbranched alkanes of at least 4 members (excludes halogenated alkanes) is 13. The van der Waals surface area contributed by atoms with E-state index in [-0.39, 0.29) is 11.6 Å². The molecule has 10 heteroatoms. The van der Waals surface area contributed by atoms with Crippen molar-refractivity contribution < 1.29 is 23.8 Å². The normalized spacial score (nSPS) is 17.4. The van der Waals surface area contributed by atoms with Crippen molar-refractivity contribution in [2.75, 3.05) is 44.7 Å². The van der Waals surface area contributed by atoms with Crippen molar-refractivity contribution in [3.63, 3.8) is 0 Å². The maximum Gasteiger partial charge on any atom is 0.511 e. The second-order valence-corrected chi connectivity index (χ2v) is 13.5. The van der Waals surface area contributed by atoms with Gasteiger partial charge in [-0.15, -0.1) is 0 Å². The summed E-state index contributed by atoms with van der Waals surface area (Å²) in [5.74, 6) is 0.735. The van der Waals surface area contributed by atoms with Crippen molar-refractivity contribution in [2.45, 2.75) is 117 Å². The molecule has 0 saturated carbocycles. The Labute approximate surface area is 300 Å². The molecule has 0 N–H and O–H groups in total. The molecular weight excluding hydrogens is 640 g/mol. The lowest BCUT2D eigenvalue weighted by molar-refractivity contribution is -0.0725. The molecule has 1 amide bonds. The van der Waals surface area contributed by atoms with Crippen molar-refractivity contribution in [3.05, 3.63) is 65.0 Å². The van der Waals surface area contributed by atoms with Gasteiger partial charge in [-0.25, -0.2) is 19.5 Å². The molecule has 49 heavy (non-hydrogen) atoms. The molecule has 2 heterocycles.